The van der Waals surface area contributed by atoms with Gasteiger partial charge in [0, 0.05) is 0 Å². The van der Waals surface area contributed by atoms with Gasteiger partial charge < -0.3 is 9.73 Å². The summed E-state index contributed by atoms with van der Waals surface area (Å²) in [5.41, 5.74) is 4.55. The minimum absolute atomic E-state index is 0.208. The summed E-state index contributed by atoms with van der Waals surface area (Å²) in [5, 5.41) is 2.76. The van der Waals surface area contributed by atoms with Crippen molar-refractivity contribution in [2.75, 3.05) is 0 Å². The Hall–Kier alpha value is -2.53. The largest absolute Gasteiger partial charge is 0.467 e. The molecule has 0 bridgehead atoms. The maximum absolute atomic E-state index is 12.0. The third kappa shape index (κ3) is 2.73. The third-order valence-corrected chi connectivity index (χ3v) is 2.97. The zero-order chi connectivity index (χ0) is 13.8. The highest BCUT2D eigenvalue weighted by atomic mass is 16.7. The zero-order valence-corrected chi connectivity index (χ0v) is 10.7. The zero-order valence-electron chi connectivity index (χ0n) is 10.7. The fourth-order valence-electron chi connectivity index (χ4n) is 1.94. The number of hydroxylamine groups is 1. The molecule has 102 valence electrons. The van der Waals surface area contributed by atoms with Gasteiger partial charge >= 0.3 is 0 Å². The van der Waals surface area contributed by atoms with Gasteiger partial charge in [0.15, 0.2) is 6.10 Å². The van der Waals surface area contributed by atoms with E-state index in [1.807, 2.05) is 30.3 Å². The molecule has 0 aliphatic carbocycles. The summed E-state index contributed by atoms with van der Waals surface area (Å²) >= 11 is 0. The highest BCUT2D eigenvalue weighted by molar-refractivity contribution is 5.86. The molecule has 2 aromatic rings. The predicted octanol–water partition coefficient (Wildman–Crippen LogP) is 1.84. The Morgan fingerprint density at radius 3 is 2.80 bits per heavy atom. The smallest absolute Gasteiger partial charge is 0.256 e. The molecule has 20 heavy (non-hydrogen) atoms. The second-order valence-electron chi connectivity index (χ2n) is 4.38. The number of benzene rings is 1. The van der Waals surface area contributed by atoms with E-state index in [4.69, 9.17) is 9.25 Å². The second kappa shape index (κ2) is 5.63. The van der Waals surface area contributed by atoms with E-state index in [0.717, 1.165) is 11.3 Å². The number of rotatable bonds is 4. The van der Waals surface area contributed by atoms with Gasteiger partial charge in [-0.05, 0) is 23.8 Å². The maximum atomic E-state index is 12.0. The average molecular weight is 270 g/mol. The molecule has 0 spiro atoms. The highest BCUT2D eigenvalue weighted by Gasteiger charge is 2.24. The number of nitrogens with one attached hydrogen (secondary N) is 2. The molecule has 0 radical (unpaired) electrons. The van der Waals surface area contributed by atoms with Crippen LogP contribution in [0.25, 0.3) is 5.70 Å². The lowest BCUT2D eigenvalue weighted by molar-refractivity contribution is -0.131. The van der Waals surface area contributed by atoms with Gasteiger partial charge in [0.2, 0.25) is 0 Å². The monoisotopic (exact) mass is 270 g/mol. The summed E-state index contributed by atoms with van der Waals surface area (Å²) in [6.45, 7) is 0.347. The summed E-state index contributed by atoms with van der Waals surface area (Å²) in [6, 6.07) is 13.3. The Morgan fingerprint density at radius 1 is 1.20 bits per heavy atom. The summed E-state index contributed by atoms with van der Waals surface area (Å²) < 4.78 is 5.15. The SMILES string of the molecule is O=C(NCc1ccco1)[C@H]1C=C(c2ccccc2)NO1. The average Bonchev–Trinajstić information content (AvgIpc) is 3.17. The van der Waals surface area contributed by atoms with Gasteiger partial charge in [0.1, 0.15) is 5.76 Å². The minimum atomic E-state index is -0.639. The molecule has 3 rings (SSSR count). The number of hydrogen-bond acceptors (Lipinski definition) is 4. The molecule has 0 unspecified atom stereocenters. The fraction of sp³-hybridized carbons (Fsp3) is 0.133. The van der Waals surface area contributed by atoms with E-state index in [1.54, 1.807) is 24.5 Å². The number of hydrogen-bond donors (Lipinski definition) is 2. The Balaban J connectivity index is 1.61. The Kier molecular flexibility index (Phi) is 3.52. The predicted molar refractivity (Wildman–Crippen MR) is 73.0 cm³/mol. The topological polar surface area (TPSA) is 63.5 Å². The van der Waals surface area contributed by atoms with E-state index in [-0.39, 0.29) is 5.91 Å². The van der Waals surface area contributed by atoms with Crippen LogP contribution in [0.4, 0.5) is 0 Å². The number of carbonyl (C=O) groups excluding carboxylic acids is 1. The van der Waals surface area contributed by atoms with Crippen molar-refractivity contribution in [3.63, 3.8) is 0 Å². The number of furan rings is 1. The van der Waals surface area contributed by atoms with Gasteiger partial charge in [0.05, 0.1) is 18.5 Å². The van der Waals surface area contributed by atoms with Crippen molar-refractivity contribution in [1.82, 2.24) is 10.8 Å². The van der Waals surface area contributed by atoms with Crippen molar-refractivity contribution in [1.29, 1.82) is 0 Å². The van der Waals surface area contributed by atoms with E-state index < -0.39 is 6.10 Å². The summed E-state index contributed by atoms with van der Waals surface area (Å²) in [5.74, 6) is 0.497. The normalized spacial score (nSPS) is 17.4. The van der Waals surface area contributed by atoms with Gasteiger partial charge in [-0.2, -0.15) is 0 Å². The third-order valence-electron chi connectivity index (χ3n) is 2.97. The van der Waals surface area contributed by atoms with E-state index in [2.05, 4.69) is 10.8 Å². The van der Waals surface area contributed by atoms with Crippen LogP contribution in [0, 0.1) is 0 Å². The van der Waals surface area contributed by atoms with Crippen LogP contribution in [0.2, 0.25) is 0 Å². The Bertz CT molecular complexity index is 605. The van der Waals surface area contributed by atoms with E-state index in [0.29, 0.717) is 12.3 Å². The second-order valence-corrected chi connectivity index (χ2v) is 4.38. The van der Waals surface area contributed by atoms with Gasteiger partial charge in [-0.3, -0.25) is 15.1 Å². The van der Waals surface area contributed by atoms with E-state index >= 15 is 0 Å². The van der Waals surface area contributed by atoms with Gasteiger partial charge in [0.25, 0.3) is 5.91 Å². The van der Waals surface area contributed by atoms with Crippen LogP contribution >= 0.6 is 0 Å². The first-order valence-electron chi connectivity index (χ1n) is 6.32. The molecule has 0 saturated carbocycles. The first kappa shape index (κ1) is 12.5. The van der Waals surface area contributed by atoms with E-state index in [9.17, 15) is 4.79 Å². The molecule has 1 amide bonds. The quantitative estimate of drug-likeness (QED) is 0.890. The molecular formula is C15H14N2O3. The number of amides is 1. The van der Waals surface area contributed by atoms with Gasteiger partial charge in [-0.15, -0.1) is 0 Å². The lowest BCUT2D eigenvalue weighted by Crippen LogP contribution is -2.34. The van der Waals surface area contributed by atoms with Crippen LogP contribution in [-0.4, -0.2) is 12.0 Å². The summed E-state index contributed by atoms with van der Waals surface area (Å²) in [4.78, 5) is 17.2. The highest BCUT2D eigenvalue weighted by Crippen LogP contribution is 2.18. The van der Waals surface area contributed by atoms with Crippen molar-refractivity contribution in [3.8, 4) is 0 Å². The molecular weight excluding hydrogens is 256 g/mol. The fourth-order valence-corrected chi connectivity index (χ4v) is 1.94. The number of carbonyl (C=O) groups is 1. The van der Waals surface area contributed by atoms with E-state index in [1.165, 1.54) is 0 Å². The first-order chi connectivity index (χ1) is 9.83. The molecule has 1 aromatic carbocycles. The van der Waals surface area contributed by atoms with Crippen LogP contribution < -0.4 is 10.8 Å². The minimum Gasteiger partial charge on any atom is -0.467 e. The van der Waals surface area contributed by atoms with Crippen LogP contribution in [0.3, 0.4) is 0 Å². The molecule has 1 aliphatic heterocycles. The van der Waals surface area contributed by atoms with Crippen molar-refractivity contribution in [3.05, 3.63) is 66.1 Å². The molecule has 1 atom stereocenters. The van der Waals surface area contributed by atoms with Gasteiger partial charge in [-0.1, -0.05) is 30.3 Å². The van der Waals surface area contributed by atoms with Crippen molar-refractivity contribution < 1.29 is 14.0 Å². The molecule has 0 fully saturated rings. The molecule has 2 N–H and O–H groups in total. The molecule has 1 aliphatic rings. The van der Waals surface area contributed by atoms with Crippen molar-refractivity contribution in [2.24, 2.45) is 0 Å². The maximum Gasteiger partial charge on any atom is 0.256 e. The summed E-state index contributed by atoms with van der Waals surface area (Å²) in [6.07, 6.45) is 2.69. The summed E-state index contributed by atoms with van der Waals surface area (Å²) in [7, 11) is 0. The van der Waals surface area contributed by atoms with Crippen molar-refractivity contribution >= 4 is 11.6 Å². The molecule has 1 aromatic heterocycles. The lowest BCUT2D eigenvalue weighted by Gasteiger charge is -2.07. The lowest BCUT2D eigenvalue weighted by atomic mass is 10.1. The van der Waals surface area contributed by atoms with Crippen LogP contribution in [0.5, 0.6) is 0 Å². The Morgan fingerprint density at radius 2 is 2.05 bits per heavy atom. The first-order valence-corrected chi connectivity index (χ1v) is 6.32. The Labute approximate surface area is 116 Å². The van der Waals surface area contributed by atoms with Crippen molar-refractivity contribution in [2.45, 2.75) is 12.6 Å². The molecule has 5 heteroatoms. The van der Waals surface area contributed by atoms with Crippen LogP contribution in [-0.2, 0) is 16.2 Å². The van der Waals surface area contributed by atoms with Crippen LogP contribution in [0.1, 0.15) is 11.3 Å². The standard InChI is InChI=1S/C15H14N2O3/c18-15(16-10-12-7-4-8-19-12)14-9-13(17-20-14)11-5-2-1-3-6-11/h1-9,14,17H,10H2,(H,16,18)/t14-/m1/s1. The molecule has 2 heterocycles. The van der Waals surface area contributed by atoms with Gasteiger partial charge in [-0.25, -0.2) is 0 Å². The van der Waals surface area contributed by atoms with Crippen LogP contribution in [0.15, 0.2) is 59.2 Å². The molecule has 5 nitrogen and oxygen atoms in total. The molecule has 0 saturated heterocycles.